The lowest BCUT2D eigenvalue weighted by Crippen LogP contribution is -2.53. The molecule has 1 aliphatic rings. The van der Waals surface area contributed by atoms with Crippen LogP contribution in [0.5, 0.6) is 0 Å². The third kappa shape index (κ3) is 3.78. The highest BCUT2D eigenvalue weighted by molar-refractivity contribution is 6.30. The summed E-state index contributed by atoms with van der Waals surface area (Å²) in [5.74, 6) is 0. The number of hydrogen-bond acceptors (Lipinski definition) is 3. The van der Waals surface area contributed by atoms with Gasteiger partial charge in [-0.3, -0.25) is 4.90 Å². The van der Waals surface area contributed by atoms with Crippen molar-refractivity contribution in [3.05, 3.63) is 34.9 Å². The van der Waals surface area contributed by atoms with Crippen LogP contribution in [0.1, 0.15) is 37.8 Å². The summed E-state index contributed by atoms with van der Waals surface area (Å²) in [5.41, 5.74) is 7.56. The number of nitrogens with zero attached hydrogens (tertiary/aromatic N) is 2. The third-order valence-corrected chi connectivity index (χ3v) is 5.42. The molecule has 4 heteroatoms. The molecular weight excluding hydrogens is 282 g/mol. The van der Waals surface area contributed by atoms with Crippen molar-refractivity contribution in [2.24, 2.45) is 5.73 Å². The first-order valence-electron chi connectivity index (χ1n) is 7.85. The van der Waals surface area contributed by atoms with Crippen molar-refractivity contribution in [1.29, 1.82) is 0 Å². The largest absolute Gasteiger partial charge is 0.329 e. The molecule has 3 nitrogen and oxygen atoms in total. The van der Waals surface area contributed by atoms with Crippen molar-refractivity contribution < 1.29 is 0 Å². The summed E-state index contributed by atoms with van der Waals surface area (Å²) in [4.78, 5) is 4.88. The molecule has 2 unspecified atom stereocenters. The molecule has 0 radical (unpaired) electrons. The minimum absolute atomic E-state index is 0.0898. The lowest BCUT2D eigenvalue weighted by atomic mass is 9.86. The van der Waals surface area contributed by atoms with Gasteiger partial charge in [0.15, 0.2) is 0 Å². The molecule has 0 aliphatic carbocycles. The van der Waals surface area contributed by atoms with Crippen LogP contribution in [0.25, 0.3) is 0 Å². The van der Waals surface area contributed by atoms with E-state index in [9.17, 15) is 0 Å². The Morgan fingerprint density at radius 2 is 2.14 bits per heavy atom. The van der Waals surface area contributed by atoms with Crippen molar-refractivity contribution in [2.75, 3.05) is 33.7 Å². The molecule has 1 aromatic rings. The van der Waals surface area contributed by atoms with Gasteiger partial charge >= 0.3 is 0 Å². The maximum atomic E-state index is 6.21. The summed E-state index contributed by atoms with van der Waals surface area (Å²) in [6.45, 7) is 5.24. The van der Waals surface area contributed by atoms with Crippen LogP contribution in [0.15, 0.2) is 24.3 Å². The first-order valence-corrected chi connectivity index (χ1v) is 8.23. The average molecular weight is 310 g/mol. The fourth-order valence-electron chi connectivity index (χ4n) is 3.42. The normalized spacial score (nSPS) is 25.8. The molecule has 1 fully saturated rings. The molecule has 0 saturated carbocycles. The Balaban J connectivity index is 2.20. The molecule has 1 aromatic carbocycles. The van der Waals surface area contributed by atoms with Crippen molar-refractivity contribution in [2.45, 2.75) is 37.8 Å². The molecule has 0 aromatic heterocycles. The van der Waals surface area contributed by atoms with E-state index in [2.05, 4.69) is 43.0 Å². The van der Waals surface area contributed by atoms with Crippen molar-refractivity contribution >= 4 is 11.6 Å². The molecule has 1 heterocycles. The van der Waals surface area contributed by atoms with Gasteiger partial charge in [0.2, 0.25) is 0 Å². The summed E-state index contributed by atoms with van der Waals surface area (Å²) in [7, 11) is 4.41. The average Bonchev–Trinajstić information content (AvgIpc) is 2.68. The lowest BCUT2D eigenvalue weighted by molar-refractivity contribution is 0.0698. The van der Waals surface area contributed by atoms with Gasteiger partial charge in [-0.25, -0.2) is 0 Å². The molecule has 2 atom stereocenters. The fourth-order valence-corrected chi connectivity index (χ4v) is 3.61. The topological polar surface area (TPSA) is 32.5 Å². The number of hydrogen-bond donors (Lipinski definition) is 1. The lowest BCUT2D eigenvalue weighted by Gasteiger charge is -2.44. The highest BCUT2D eigenvalue weighted by Crippen LogP contribution is 2.34. The number of likely N-dealkylation sites (tertiary alicyclic amines) is 1. The smallest absolute Gasteiger partial charge is 0.0409 e. The van der Waals surface area contributed by atoms with Gasteiger partial charge in [-0.1, -0.05) is 23.7 Å². The zero-order valence-corrected chi connectivity index (χ0v) is 14.2. The standard InChI is InChI=1S/C17H28ClN3/c1-14(15-6-4-7-16(18)12-15)21(3)17(13-19)8-5-10-20(2)11-9-17/h4,6-7,12,14H,5,8-11,13,19H2,1-3H3. The van der Waals surface area contributed by atoms with E-state index in [0.29, 0.717) is 12.6 Å². The molecule has 1 aliphatic heterocycles. The van der Waals surface area contributed by atoms with E-state index in [1.165, 1.54) is 18.5 Å². The van der Waals surface area contributed by atoms with Gasteiger partial charge in [0.1, 0.15) is 0 Å². The Kier molecular flexibility index (Phi) is 5.67. The number of nitrogens with two attached hydrogens (primary N) is 1. The fraction of sp³-hybridized carbons (Fsp3) is 0.647. The van der Waals surface area contributed by atoms with Crippen LogP contribution in [0.3, 0.4) is 0 Å². The minimum atomic E-state index is 0.0898. The first-order chi connectivity index (χ1) is 9.98. The van der Waals surface area contributed by atoms with Gasteiger partial charge in [0.25, 0.3) is 0 Å². The van der Waals surface area contributed by atoms with Crippen LogP contribution in [0.4, 0.5) is 0 Å². The SMILES string of the molecule is CC(c1cccc(Cl)c1)N(C)C1(CN)CCCN(C)CC1. The van der Waals surface area contributed by atoms with Gasteiger partial charge < -0.3 is 10.6 Å². The minimum Gasteiger partial charge on any atom is -0.329 e. The van der Waals surface area contributed by atoms with Gasteiger partial charge in [-0.2, -0.15) is 0 Å². The molecule has 2 rings (SSSR count). The van der Waals surface area contributed by atoms with E-state index < -0.39 is 0 Å². The van der Waals surface area contributed by atoms with Crippen LogP contribution in [0, 0.1) is 0 Å². The Labute approximate surface area is 134 Å². The highest BCUT2D eigenvalue weighted by Gasteiger charge is 2.37. The van der Waals surface area contributed by atoms with E-state index >= 15 is 0 Å². The van der Waals surface area contributed by atoms with Gasteiger partial charge in [0, 0.05) is 23.1 Å². The number of benzene rings is 1. The second-order valence-electron chi connectivity index (χ2n) is 6.43. The molecule has 1 saturated heterocycles. The molecule has 21 heavy (non-hydrogen) atoms. The molecule has 118 valence electrons. The van der Waals surface area contributed by atoms with E-state index in [1.54, 1.807) is 0 Å². The monoisotopic (exact) mass is 309 g/mol. The van der Waals surface area contributed by atoms with Crippen LogP contribution in [0.2, 0.25) is 5.02 Å². The molecule has 0 amide bonds. The Morgan fingerprint density at radius 3 is 2.81 bits per heavy atom. The predicted molar refractivity (Wildman–Crippen MR) is 90.8 cm³/mol. The predicted octanol–water partition coefficient (Wildman–Crippen LogP) is 3.15. The van der Waals surface area contributed by atoms with Crippen molar-refractivity contribution in [3.63, 3.8) is 0 Å². The Hall–Kier alpha value is -0.610. The van der Waals surface area contributed by atoms with Gasteiger partial charge in [-0.05, 0) is 71.1 Å². The van der Waals surface area contributed by atoms with Gasteiger partial charge in [-0.15, -0.1) is 0 Å². The van der Waals surface area contributed by atoms with Crippen LogP contribution in [-0.4, -0.2) is 49.1 Å². The summed E-state index contributed by atoms with van der Waals surface area (Å²) in [6.07, 6.45) is 3.50. The summed E-state index contributed by atoms with van der Waals surface area (Å²) in [6, 6.07) is 8.49. The zero-order valence-electron chi connectivity index (χ0n) is 13.5. The van der Waals surface area contributed by atoms with E-state index in [-0.39, 0.29) is 5.54 Å². The molecular formula is C17H28ClN3. The number of halogens is 1. The van der Waals surface area contributed by atoms with Crippen molar-refractivity contribution in [1.82, 2.24) is 9.80 Å². The maximum Gasteiger partial charge on any atom is 0.0409 e. The second kappa shape index (κ2) is 7.10. The quantitative estimate of drug-likeness (QED) is 0.927. The van der Waals surface area contributed by atoms with Crippen molar-refractivity contribution in [3.8, 4) is 0 Å². The summed E-state index contributed by atoms with van der Waals surface area (Å²) < 4.78 is 0. The maximum absolute atomic E-state index is 6.21. The molecule has 0 spiro atoms. The summed E-state index contributed by atoms with van der Waals surface area (Å²) in [5, 5.41) is 0.801. The van der Waals surface area contributed by atoms with Crippen LogP contribution in [-0.2, 0) is 0 Å². The molecule has 0 bridgehead atoms. The zero-order chi connectivity index (χ0) is 15.5. The highest BCUT2D eigenvalue weighted by atomic mass is 35.5. The molecule has 2 N–H and O–H groups in total. The van der Waals surface area contributed by atoms with Crippen LogP contribution < -0.4 is 5.73 Å². The second-order valence-corrected chi connectivity index (χ2v) is 6.86. The van der Waals surface area contributed by atoms with E-state index in [1.807, 2.05) is 12.1 Å². The third-order valence-electron chi connectivity index (χ3n) is 5.18. The summed E-state index contributed by atoms with van der Waals surface area (Å²) >= 11 is 6.14. The first kappa shape index (κ1) is 16.8. The van der Waals surface area contributed by atoms with E-state index in [4.69, 9.17) is 17.3 Å². The number of likely N-dealkylation sites (N-methyl/N-ethyl adjacent to an activating group) is 1. The number of rotatable bonds is 4. The van der Waals surface area contributed by atoms with Crippen LogP contribution >= 0.6 is 11.6 Å². The Bertz CT molecular complexity index is 465. The van der Waals surface area contributed by atoms with Gasteiger partial charge in [0.05, 0.1) is 0 Å². The Morgan fingerprint density at radius 1 is 1.38 bits per heavy atom. The van der Waals surface area contributed by atoms with E-state index in [0.717, 1.165) is 24.4 Å².